The molecule has 1 amide bonds. The van der Waals surface area contributed by atoms with Crippen LogP contribution >= 0.6 is 0 Å². The number of fused-ring (bicyclic) bond motifs is 1. The highest BCUT2D eigenvalue weighted by Crippen LogP contribution is 2.37. The van der Waals surface area contributed by atoms with Crippen LogP contribution in [0.1, 0.15) is 38.7 Å². The molecule has 2 aliphatic heterocycles. The fourth-order valence-electron chi connectivity index (χ4n) is 4.01. The predicted octanol–water partition coefficient (Wildman–Crippen LogP) is 4.97. The highest BCUT2D eigenvalue weighted by Gasteiger charge is 2.35. The highest BCUT2D eigenvalue weighted by atomic mass is 19.1. The smallest absolute Gasteiger partial charge is 0.410 e. The van der Waals surface area contributed by atoms with E-state index in [2.05, 4.69) is 0 Å². The zero-order valence-corrected chi connectivity index (χ0v) is 18.1. The van der Waals surface area contributed by atoms with E-state index in [-0.39, 0.29) is 30.5 Å². The van der Waals surface area contributed by atoms with Crippen LogP contribution in [0.3, 0.4) is 0 Å². The van der Waals surface area contributed by atoms with Crippen molar-refractivity contribution in [2.75, 3.05) is 26.5 Å². The van der Waals surface area contributed by atoms with Crippen molar-refractivity contribution < 1.29 is 28.1 Å². The summed E-state index contributed by atoms with van der Waals surface area (Å²) in [5.41, 5.74) is 0.494. The first-order valence-corrected chi connectivity index (χ1v) is 10.5. The lowest BCUT2D eigenvalue weighted by atomic mass is 9.81. The molecule has 0 saturated carbocycles. The van der Waals surface area contributed by atoms with Gasteiger partial charge in [-0.1, -0.05) is 12.1 Å². The van der Waals surface area contributed by atoms with Crippen molar-refractivity contribution in [3.63, 3.8) is 0 Å². The Morgan fingerprint density at radius 3 is 2.61 bits per heavy atom. The number of amides is 1. The number of piperidine rings is 1. The lowest BCUT2D eigenvalue weighted by Gasteiger charge is -2.39. The van der Waals surface area contributed by atoms with Crippen LogP contribution in [0.2, 0.25) is 0 Å². The maximum Gasteiger partial charge on any atom is 0.410 e. The number of hydrogen-bond acceptors (Lipinski definition) is 5. The second-order valence-electron chi connectivity index (χ2n) is 8.96. The van der Waals surface area contributed by atoms with Crippen LogP contribution in [-0.4, -0.2) is 43.1 Å². The number of benzene rings is 2. The van der Waals surface area contributed by atoms with Gasteiger partial charge in [-0.2, -0.15) is 0 Å². The maximum absolute atomic E-state index is 13.4. The van der Waals surface area contributed by atoms with Crippen LogP contribution in [0, 0.1) is 11.7 Å². The fourth-order valence-corrected chi connectivity index (χ4v) is 4.01. The Labute approximate surface area is 181 Å². The Kier molecular flexibility index (Phi) is 5.94. The van der Waals surface area contributed by atoms with Crippen molar-refractivity contribution in [2.45, 2.75) is 38.7 Å². The fraction of sp³-hybridized carbons (Fsp3) is 0.458. The zero-order valence-electron chi connectivity index (χ0n) is 18.1. The van der Waals surface area contributed by atoms with Gasteiger partial charge in [0.25, 0.3) is 0 Å². The van der Waals surface area contributed by atoms with E-state index >= 15 is 0 Å². The third kappa shape index (κ3) is 5.21. The summed E-state index contributed by atoms with van der Waals surface area (Å²) in [6.45, 7) is 7.27. The molecular weight excluding hydrogens is 401 g/mol. The van der Waals surface area contributed by atoms with E-state index in [0.29, 0.717) is 36.9 Å². The molecule has 0 aromatic heterocycles. The van der Waals surface area contributed by atoms with Crippen LogP contribution < -0.4 is 14.2 Å². The van der Waals surface area contributed by atoms with Gasteiger partial charge in [-0.05, 0) is 62.9 Å². The number of rotatable bonds is 4. The maximum atomic E-state index is 13.4. The first-order valence-electron chi connectivity index (χ1n) is 10.5. The lowest BCUT2D eigenvalue weighted by molar-refractivity contribution is 0.0111. The molecule has 0 bridgehead atoms. The molecule has 7 heteroatoms. The van der Waals surface area contributed by atoms with Gasteiger partial charge in [0.15, 0.2) is 11.5 Å². The number of ether oxygens (including phenoxy) is 4. The Morgan fingerprint density at radius 1 is 1.13 bits per heavy atom. The lowest BCUT2D eigenvalue weighted by Crippen LogP contribution is -2.46. The van der Waals surface area contributed by atoms with Gasteiger partial charge in [-0.15, -0.1) is 0 Å². The van der Waals surface area contributed by atoms with E-state index in [4.69, 9.17) is 18.9 Å². The molecule has 166 valence electrons. The molecule has 1 saturated heterocycles. The Balaban J connectivity index is 1.49. The first kappa shape index (κ1) is 21.3. The first-order chi connectivity index (χ1) is 14.8. The summed E-state index contributed by atoms with van der Waals surface area (Å²) in [6.07, 6.45) is 0.429. The summed E-state index contributed by atoms with van der Waals surface area (Å²) in [5.74, 6) is 1.95. The van der Waals surface area contributed by atoms with Gasteiger partial charge in [0.2, 0.25) is 6.79 Å². The van der Waals surface area contributed by atoms with Gasteiger partial charge in [-0.25, -0.2) is 9.18 Å². The molecule has 2 aromatic rings. The third-order valence-corrected chi connectivity index (χ3v) is 5.49. The third-order valence-electron chi connectivity index (χ3n) is 5.49. The van der Waals surface area contributed by atoms with E-state index in [1.807, 2.05) is 51.1 Å². The average molecular weight is 429 g/mol. The van der Waals surface area contributed by atoms with Crippen molar-refractivity contribution >= 4 is 6.09 Å². The largest absolute Gasteiger partial charge is 0.493 e. The number of hydrogen-bond donors (Lipinski definition) is 0. The molecule has 4 rings (SSSR count). The van der Waals surface area contributed by atoms with Crippen LogP contribution in [0.4, 0.5) is 9.18 Å². The molecular formula is C24H28FNO5. The number of likely N-dealkylation sites (tertiary alicyclic amines) is 1. The van der Waals surface area contributed by atoms with Crippen molar-refractivity contribution in [1.29, 1.82) is 0 Å². The highest BCUT2D eigenvalue weighted by molar-refractivity contribution is 5.68. The van der Waals surface area contributed by atoms with Crippen molar-refractivity contribution in [1.82, 2.24) is 4.90 Å². The van der Waals surface area contributed by atoms with E-state index in [9.17, 15) is 9.18 Å². The van der Waals surface area contributed by atoms with Gasteiger partial charge in [0.1, 0.15) is 17.2 Å². The second-order valence-corrected chi connectivity index (χ2v) is 8.96. The summed E-state index contributed by atoms with van der Waals surface area (Å²) in [4.78, 5) is 14.4. The summed E-state index contributed by atoms with van der Waals surface area (Å²) >= 11 is 0. The molecule has 0 N–H and O–H groups in total. The Hall–Kier alpha value is -2.96. The zero-order chi connectivity index (χ0) is 22.0. The van der Waals surface area contributed by atoms with Crippen molar-refractivity contribution in [3.8, 4) is 17.2 Å². The number of halogens is 1. The molecule has 2 aliphatic rings. The van der Waals surface area contributed by atoms with Crippen LogP contribution in [0.25, 0.3) is 0 Å². The SMILES string of the molecule is CC(C)(C)OC(=O)N1CCC(c2ccc(F)cc2)C(COc2ccc3c(c2)OCO3)C1. The summed E-state index contributed by atoms with van der Waals surface area (Å²) in [6, 6.07) is 12.1. The molecule has 6 nitrogen and oxygen atoms in total. The number of carbonyl (C=O) groups excluding carboxylic acids is 1. The Bertz CT molecular complexity index is 925. The van der Waals surface area contributed by atoms with Crippen LogP contribution in [0.15, 0.2) is 42.5 Å². The minimum absolute atomic E-state index is 0.0251. The molecule has 31 heavy (non-hydrogen) atoms. The normalized spacial score (nSPS) is 20.5. The predicted molar refractivity (Wildman–Crippen MR) is 113 cm³/mol. The topological polar surface area (TPSA) is 57.2 Å². The van der Waals surface area contributed by atoms with Gasteiger partial charge >= 0.3 is 6.09 Å². The average Bonchev–Trinajstić information content (AvgIpc) is 3.19. The molecule has 0 radical (unpaired) electrons. The van der Waals surface area contributed by atoms with E-state index < -0.39 is 5.60 Å². The summed E-state index contributed by atoms with van der Waals surface area (Å²) in [7, 11) is 0. The van der Waals surface area contributed by atoms with Crippen LogP contribution in [-0.2, 0) is 4.74 Å². The van der Waals surface area contributed by atoms with Crippen molar-refractivity contribution in [3.05, 3.63) is 53.8 Å². The van der Waals surface area contributed by atoms with E-state index in [0.717, 1.165) is 12.0 Å². The minimum atomic E-state index is -0.552. The molecule has 2 atom stereocenters. The molecule has 2 aromatic carbocycles. The van der Waals surface area contributed by atoms with E-state index in [1.165, 1.54) is 12.1 Å². The molecule has 2 heterocycles. The minimum Gasteiger partial charge on any atom is -0.493 e. The molecule has 2 unspecified atom stereocenters. The monoisotopic (exact) mass is 429 g/mol. The van der Waals surface area contributed by atoms with Gasteiger partial charge < -0.3 is 23.8 Å². The van der Waals surface area contributed by atoms with Gasteiger partial charge in [-0.3, -0.25) is 0 Å². The number of carbonyl (C=O) groups is 1. The standard InChI is InChI=1S/C24H28FNO5/c1-24(2,3)31-23(27)26-11-10-20(16-4-6-18(25)7-5-16)17(13-26)14-28-19-8-9-21-22(12-19)30-15-29-21/h4-9,12,17,20H,10-11,13-15H2,1-3H3. The molecule has 1 fully saturated rings. The Morgan fingerprint density at radius 2 is 1.87 bits per heavy atom. The van der Waals surface area contributed by atoms with E-state index in [1.54, 1.807) is 4.90 Å². The van der Waals surface area contributed by atoms with Crippen LogP contribution in [0.5, 0.6) is 17.2 Å². The molecule has 0 aliphatic carbocycles. The molecule has 0 spiro atoms. The second kappa shape index (κ2) is 8.65. The summed E-state index contributed by atoms with van der Waals surface area (Å²) in [5, 5.41) is 0. The number of nitrogens with zero attached hydrogens (tertiary/aromatic N) is 1. The van der Waals surface area contributed by atoms with Gasteiger partial charge in [0, 0.05) is 25.1 Å². The van der Waals surface area contributed by atoms with Gasteiger partial charge in [0.05, 0.1) is 6.61 Å². The van der Waals surface area contributed by atoms with Crippen molar-refractivity contribution in [2.24, 2.45) is 5.92 Å². The summed E-state index contributed by atoms with van der Waals surface area (Å²) < 4.78 is 35.9. The quantitative estimate of drug-likeness (QED) is 0.687.